The van der Waals surface area contributed by atoms with Crippen LogP contribution in [0.15, 0.2) is 53.0 Å². The highest BCUT2D eigenvalue weighted by Gasteiger charge is 2.43. The highest BCUT2D eigenvalue weighted by Crippen LogP contribution is 2.49. The molecule has 0 spiro atoms. The van der Waals surface area contributed by atoms with Gasteiger partial charge < -0.3 is 5.32 Å². The van der Waals surface area contributed by atoms with Crippen molar-refractivity contribution < 1.29 is 9.59 Å². The van der Waals surface area contributed by atoms with Crippen LogP contribution in [-0.2, 0) is 9.59 Å². The zero-order valence-electron chi connectivity index (χ0n) is 17.5. The van der Waals surface area contributed by atoms with E-state index >= 15 is 0 Å². The Hall–Kier alpha value is -2.40. The Bertz CT molecular complexity index is 973. The average Bonchev–Trinajstić information content (AvgIpc) is 3.09. The lowest BCUT2D eigenvalue weighted by molar-refractivity contribution is -0.120. The topological polar surface area (TPSA) is 49.4 Å². The van der Waals surface area contributed by atoms with Crippen molar-refractivity contribution in [2.45, 2.75) is 53.0 Å². The molecule has 0 radical (unpaired) electrons. The molecule has 1 aromatic heterocycles. The first kappa shape index (κ1) is 19.9. The van der Waals surface area contributed by atoms with Crippen molar-refractivity contribution >= 4 is 34.4 Å². The molecule has 0 saturated carbocycles. The minimum absolute atomic E-state index is 0.0547. The number of fused-ring (bicyclic) bond motifs is 1. The second kappa shape index (κ2) is 7.45. The predicted octanol–water partition coefficient (Wildman–Crippen LogP) is 5.94. The van der Waals surface area contributed by atoms with Crippen molar-refractivity contribution in [3.05, 3.63) is 57.9 Å². The first-order chi connectivity index (χ1) is 13.8. The Morgan fingerprint density at radius 2 is 1.97 bits per heavy atom. The van der Waals surface area contributed by atoms with E-state index in [1.54, 1.807) is 11.3 Å². The summed E-state index contributed by atoms with van der Waals surface area (Å²) in [7, 11) is 0. The quantitative estimate of drug-likeness (QED) is 0.684. The minimum Gasteiger partial charge on any atom is -0.357 e. The minimum atomic E-state index is -0.379. The fraction of sp³-hybridized carbons (Fsp3) is 0.417. The van der Waals surface area contributed by atoms with Gasteiger partial charge in [0.2, 0.25) is 5.91 Å². The number of benzene rings is 1. The fourth-order valence-corrected chi connectivity index (χ4v) is 5.25. The number of amides is 1. The Balaban J connectivity index is 1.96. The summed E-state index contributed by atoms with van der Waals surface area (Å²) in [5, 5.41) is 5.56. The number of nitrogens with one attached hydrogen (secondary N) is 1. The first-order valence-corrected chi connectivity index (χ1v) is 11.1. The lowest BCUT2D eigenvalue weighted by atomic mass is 9.74. The smallest absolute Gasteiger partial charge is 0.228 e. The van der Waals surface area contributed by atoms with Crippen LogP contribution in [0.25, 0.3) is 0 Å². The Labute approximate surface area is 176 Å². The number of ketones is 1. The van der Waals surface area contributed by atoms with E-state index in [0.717, 1.165) is 33.9 Å². The summed E-state index contributed by atoms with van der Waals surface area (Å²) in [4.78, 5) is 29.8. The molecular weight excluding hydrogens is 380 g/mol. The van der Waals surface area contributed by atoms with E-state index in [-0.39, 0.29) is 29.1 Å². The maximum absolute atomic E-state index is 13.5. The van der Waals surface area contributed by atoms with Crippen LogP contribution < -0.4 is 10.2 Å². The number of allylic oxidation sites excluding steroid dienone is 1. The maximum atomic E-state index is 13.5. The number of Topliss-reactive ketones (excluding diaryl/α,β-unsaturated/α-hetero) is 1. The molecule has 2 aromatic rings. The molecule has 0 fully saturated rings. The number of para-hydroxylation sites is 2. The predicted molar refractivity (Wildman–Crippen MR) is 119 cm³/mol. The molecule has 0 bridgehead atoms. The summed E-state index contributed by atoms with van der Waals surface area (Å²) < 4.78 is 0. The van der Waals surface area contributed by atoms with E-state index in [9.17, 15) is 9.59 Å². The van der Waals surface area contributed by atoms with Gasteiger partial charge in [0.15, 0.2) is 5.78 Å². The summed E-state index contributed by atoms with van der Waals surface area (Å²) in [6.45, 7) is 8.38. The molecule has 1 N–H and O–H groups in total. The van der Waals surface area contributed by atoms with E-state index in [0.29, 0.717) is 12.8 Å². The lowest BCUT2D eigenvalue weighted by Crippen LogP contribution is -2.39. The van der Waals surface area contributed by atoms with Gasteiger partial charge in [0.1, 0.15) is 6.04 Å². The standard InChI is InChI=1S/C24H28N2O2S/c1-15(2)12-21(28)26-18-9-6-5-8-16(18)25-17-13-24(3,4)14-19(27)22(17)23(26)20-10-7-11-29-20/h5-11,15,23,25H,12-14H2,1-4H3. The SMILES string of the molecule is CC(C)CC(=O)N1c2ccccc2NC2=C(C(=O)CC(C)(C)C2)C1c1cccs1. The van der Waals surface area contributed by atoms with Crippen LogP contribution in [0, 0.1) is 11.3 Å². The van der Waals surface area contributed by atoms with Crippen molar-refractivity contribution in [2.24, 2.45) is 11.3 Å². The third kappa shape index (κ3) is 3.76. The van der Waals surface area contributed by atoms with Crippen LogP contribution in [0.3, 0.4) is 0 Å². The number of hydrogen-bond donors (Lipinski definition) is 1. The molecule has 4 nitrogen and oxygen atoms in total. The van der Waals surface area contributed by atoms with Crippen LogP contribution in [0.5, 0.6) is 0 Å². The number of hydrogen-bond acceptors (Lipinski definition) is 4. The molecule has 1 amide bonds. The van der Waals surface area contributed by atoms with E-state index < -0.39 is 0 Å². The molecule has 1 atom stereocenters. The number of thiophene rings is 1. The molecule has 0 saturated heterocycles. The number of carbonyl (C=O) groups is 2. The van der Waals surface area contributed by atoms with Crippen LogP contribution in [0.1, 0.15) is 57.9 Å². The highest BCUT2D eigenvalue weighted by molar-refractivity contribution is 7.10. The summed E-state index contributed by atoms with van der Waals surface area (Å²) in [5.41, 5.74) is 3.34. The van der Waals surface area contributed by atoms with Gasteiger partial charge in [0.05, 0.1) is 11.4 Å². The lowest BCUT2D eigenvalue weighted by Gasteiger charge is -2.36. The summed E-state index contributed by atoms with van der Waals surface area (Å²) in [5.74, 6) is 0.431. The molecule has 5 heteroatoms. The van der Waals surface area contributed by atoms with Gasteiger partial charge in [-0.05, 0) is 41.3 Å². The van der Waals surface area contributed by atoms with Gasteiger partial charge in [-0.25, -0.2) is 0 Å². The van der Waals surface area contributed by atoms with Crippen molar-refractivity contribution in [1.82, 2.24) is 0 Å². The molecule has 2 aliphatic rings. The van der Waals surface area contributed by atoms with Crippen LogP contribution >= 0.6 is 11.3 Å². The van der Waals surface area contributed by atoms with Gasteiger partial charge >= 0.3 is 0 Å². The number of rotatable bonds is 3. The van der Waals surface area contributed by atoms with Gasteiger partial charge in [-0.2, -0.15) is 0 Å². The third-order valence-electron chi connectivity index (χ3n) is 5.56. The second-order valence-electron chi connectivity index (χ2n) is 9.25. The van der Waals surface area contributed by atoms with Gasteiger partial charge in [0.25, 0.3) is 0 Å². The molecule has 4 rings (SSSR count). The highest BCUT2D eigenvalue weighted by atomic mass is 32.1. The molecule has 152 valence electrons. The fourth-order valence-electron chi connectivity index (χ4n) is 4.43. The van der Waals surface area contributed by atoms with Crippen molar-refractivity contribution in [1.29, 1.82) is 0 Å². The summed E-state index contributed by atoms with van der Waals surface area (Å²) >= 11 is 1.60. The van der Waals surface area contributed by atoms with Gasteiger partial charge in [-0.3, -0.25) is 14.5 Å². The van der Waals surface area contributed by atoms with Gasteiger partial charge in [-0.15, -0.1) is 11.3 Å². The number of nitrogens with zero attached hydrogens (tertiary/aromatic N) is 1. The zero-order valence-corrected chi connectivity index (χ0v) is 18.3. The molecule has 1 aliphatic heterocycles. The van der Waals surface area contributed by atoms with Crippen molar-refractivity contribution in [2.75, 3.05) is 10.2 Å². The molecule has 1 aliphatic carbocycles. The molecule has 29 heavy (non-hydrogen) atoms. The third-order valence-corrected chi connectivity index (χ3v) is 6.49. The summed E-state index contributed by atoms with van der Waals surface area (Å²) in [6.07, 6.45) is 1.73. The van der Waals surface area contributed by atoms with Crippen LogP contribution in [0.4, 0.5) is 11.4 Å². The molecule has 1 aromatic carbocycles. The van der Waals surface area contributed by atoms with E-state index in [4.69, 9.17) is 0 Å². The van der Waals surface area contributed by atoms with Crippen LogP contribution in [0.2, 0.25) is 0 Å². The largest absolute Gasteiger partial charge is 0.357 e. The van der Waals surface area contributed by atoms with Gasteiger partial charge in [0, 0.05) is 29.0 Å². The number of carbonyl (C=O) groups excluding carboxylic acids is 2. The van der Waals surface area contributed by atoms with E-state index in [1.165, 1.54) is 0 Å². The molecule has 1 unspecified atom stereocenters. The number of anilines is 2. The van der Waals surface area contributed by atoms with Crippen LogP contribution in [-0.4, -0.2) is 11.7 Å². The second-order valence-corrected chi connectivity index (χ2v) is 10.2. The summed E-state index contributed by atoms with van der Waals surface area (Å²) in [6, 6.07) is 11.6. The van der Waals surface area contributed by atoms with Crippen molar-refractivity contribution in [3.8, 4) is 0 Å². The zero-order chi connectivity index (χ0) is 20.8. The Morgan fingerprint density at radius 3 is 2.66 bits per heavy atom. The molecule has 2 heterocycles. The Kier molecular flexibility index (Phi) is 5.11. The maximum Gasteiger partial charge on any atom is 0.228 e. The van der Waals surface area contributed by atoms with Gasteiger partial charge in [-0.1, -0.05) is 45.9 Å². The monoisotopic (exact) mass is 408 g/mol. The first-order valence-electron chi connectivity index (χ1n) is 10.2. The average molecular weight is 409 g/mol. The molecular formula is C24H28N2O2S. The van der Waals surface area contributed by atoms with E-state index in [2.05, 4.69) is 33.0 Å². The van der Waals surface area contributed by atoms with E-state index in [1.807, 2.05) is 46.7 Å². The normalized spacial score (nSPS) is 20.8. The van der Waals surface area contributed by atoms with Crippen molar-refractivity contribution in [3.63, 3.8) is 0 Å². The Morgan fingerprint density at radius 1 is 1.21 bits per heavy atom.